The molecule has 0 aliphatic rings. The summed E-state index contributed by atoms with van der Waals surface area (Å²) in [5.41, 5.74) is 8.98. The Bertz CT molecular complexity index is 742. The molecule has 21 heavy (non-hydrogen) atoms. The Morgan fingerprint density at radius 2 is 1.81 bits per heavy atom. The highest BCUT2D eigenvalue weighted by Crippen LogP contribution is 2.23. The highest BCUT2D eigenvalue weighted by Gasteiger charge is 2.05. The summed E-state index contributed by atoms with van der Waals surface area (Å²) in [6, 6.07) is 16.4. The van der Waals surface area contributed by atoms with Gasteiger partial charge in [0.2, 0.25) is 0 Å². The van der Waals surface area contributed by atoms with Crippen LogP contribution in [-0.2, 0) is 6.54 Å². The van der Waals surface area contributed by atoms with Gasteiger partial charge in [-0.1, -0.05) is 12.1 Å². The Hall–Kier alpha value is -2.42. The van der Waals surface area contributed by atoms with Crippen LogP contribution in [0.15, 0.2) is 54.7 Å². The fraction of sp³-hybridized carbons (Fsp3) is 0.222. The van der Waals surface area contributed by atoms with Crippen LogP contribution in [0, 0.1) is 0 Å². The van der Waals surface area contributed by atoms with Crippen molar-refractivity contribution in [2.45, 2.75) is 26.5 Å². The van der Waals surface area contributed by atoms with Crippen LogP contribution in [0.2, 0.25) is 0 Å². The number of aromatic nitrogens is 1. The smallest absolute Gasteiger partial charge is 0.120 e. The van der Waals surface area contributed by atoms with Gasteiger partial charge in [0.05, 0.1) is 6.10 Å². The molecule has 108 valence electrons. The maximum atomic E-state index is 5.74. The first-order valence-corrected chi connectivity index (χ1v) is 7.22. The maximum absolute atomic E-state index is 5.74. The lowest BCUT2D eigenvalue weighted by Crippen LogP contribution is -2.05. The molecule has 0 amide bonds. The molecule has 0 saturated carbocycles. The molecule has 0 bridgehead atoms. The van der Waals surface area contributed by atoms with Crippen molar-refractivity contribution in [3.63, 3.8) is 0 Å². The summed E-state index contributed by atoms with van der Waals surface area (Å²) >= 11 is 0. The summed E-state index contributed by atoms with van der Waals surface area (Å²) in [6.45, 7) is 4.92. The van der Waals surface area contributed by atoms with E-state index in [1.54, 1.807) is 0 Å². The molecule has 0 spiro atoms. The molecule has 0 radical (unpaired) electrons. The fourth-order valence-corrected chi connectivity index (χ4v) is 2.48. The molecule has 0 atom stereocenters. The van der Waals surface area contributed by atoms with Gasteiger partial charge >= 0.3 is 0 Å². The molecule has 3 rings (SSSR count). The molecule has 3 aromatic rings. The third-order valence-electron chi connectivity index (χ3n) is 3.45. The Morgan fingerprint density at radius 3 is 2.52 bits per heavy atom. The summed E-state index contributed by atoms with van der Waals surface area (Å²) in [5, 5.41) is 1.20. The summed E-state index contributed by atoms with van der Waals surface area (Å²) in [4.78, 5) is 0. The number of nitrogens with zero attached hydrogens (tertiary/aromatic N) is 1. The Labute approximate surface area is 125 Å². The van der Waals surface area contributed by atoms with Gasteiger partial charge in [-0.05, 0) is 55.8 Å². The summed E-state index contributed by atoms with van der Waals surface area (Å²) < 4.78 is 7.98. The molecule has 0 saturated heterocycles. The lowest BCUT2D eigenvalue weighted by atomic mass is 10.2. The third kappa shape index (κ3) is 3.02. The number of nitrogen functional groups attached to an aromatic ring is 1. The Kier molecular flexibility index (Phi) is 3.57. The zero-order valence-corrected chi connectivity index (χ0v) is 12.4. The number of rotatable bonds is 4. The predicted octanol–water partition coefficient (Wildman–Crippen LogP) is 4.06. The summed E-state index contributed by atoms with van der Waals surface area (Å²) in [7, 11) is 0. The van der Waals surface area contributed by atoms with Crippen LogP contribution in [0.4, 0.5) is 5.69 Å². The molecular weight excluding hydrogens is 260 g/mol. The van der Waals surface area contributed by atoms with E-state index in [1.165, 1.54) is 16.5 Å². The van der Waals surface area contributed by atoms with Gasteiger partial charge in [0, 0.05) is 29.3 Å². The van der Waals surface area contributed by atoms with Crippen molar-refractivity contribution in [1.29, 1.82) is 0 Å². The normalized spacial score (nSPS) is 11.2. The zero-order valence-electron chi connectivity index (χ0n) is 12.4. The van der Waals surface area contributed by atoms with Crippen molar-refractivity contribution in [1.82, 2.24) is 4.57 Å². The van der Waals surface area contributed by atoms with Crippen LogP contribution < -0.4 is 10.5 Å². The Balaban J connectivity index is 1.88. The van der Waals surface area contributed by atoms with Crippen molar-refractivity contribution in [2.24, 2.45) is 0 Å². The topological polar surface area (TPSA) is 40.2 Å². The first-order chi connectivity index (χ1) is 10.1. The molecule has 2 aromatic carbocycles. The number of nitrogens with two attached hydrogens (primary N) is 1. The van der Waals surface area contributed by atoms with Gasteiger partial charge in [-0.3, -0.25) is 0 Å². The number of anilines is 1. The van der Waals surface area contributed by atoms with Crippen LogP contribution in [0.3, 0.4) is 0 Å². The van der Waals surface area contributed by atoms with Gasteiger partial charge in [-0.15, -0.1) is 0 Å². The number of ether oxygens (including phenoxy) is 1. The highest BCUT2D eigenvalue weighted by molar-refractivity contribution is 5.81. The van der Waals surface area contributed by atoms with E-state index in [0.717, 1.165) is 18.0 Å². The molecule has 2 N–H and O–H groups in total. The van der Waals surface area contributed by atoms with Crippen LogP contribution >= 0.6 is 0 Å². The van der Waals surface area contributed by atoms with Crippen molar-refractivity contribution >= 4 is 16.6 Å². The van der Waals surface area contributed by atoms with Gasteiger partial charge in [0.1, 0.15) is 5.75 Å². The minimum Gasteiger partial charge on any atom is -0.491 e. The van der Waals surface area contributed by atoms with E-state index >= 15 is 0 Å². The van der Waals surface area contributed by atoms with E-state index in [4.69, 9.17) is 10.5 Å². The van der Waals surface area contributed by atoms with Crippen LogP contribution in [0.1, 0.15) is 19.4 Å². The van der Waals surface area contributed by atoms with Crippen LogP contribution in [-0.4, -0.2) is 10.7 Å². The second-order valence-corrected chi connectivity index (χ2v) is 5.57. The number of hydrogen-bond donors (Lipinski definition) is 1. The van der Waals surface area contributed by atoms with Gasteiger partial charge in [-0.2, -0.15) is 0 Å². The molecule has 0 unspecified atom stereocenters. The van der Waals surface area contributed by atoms with Gasteiger partial charge in [-0.25, -0.2) is 0 Å². The monoisotopic (exact) mass is 280 g/mol. The number of hydrogen-bond acceptors (Lipinski definition) is 2. The van der Waals surface area contributed by atoms with E-state index in [-0.39, 0.29) is 6.10 Å². The quantitative estimate of drug-likeness (QED) is 0.732. The van der Waals surface area contributed by atoms with Crippen molar-refractivity contribution in [2.75, 3.05) is 5.73 Å². The summed E-state index contributed by atoms with van der Waals surface area (Å²) in [5.74, 6) is 0.919. The molecule has 1 aromatic heterocycles. The standard InChI is InChI=1S/C18H20N2O/c1-13(2)21-17-7-8-18-15(11-17)9-10-20(18)12-14-3-5-16(19)6-4-14/h3-11,13H,12,19H2,1-2H3. The molecule has 3 heteroatoms. The second-order valence-electron chi connectivity index (χ2n) is 5.57. The molecule has 3 nitrogen and oxygen atoms in total. The van der Waals surface area contributed by atoms with E-state index in [1.807, 2.05) is 32.0 Å². The zero-order chi connectivity index (χ0) is 14.8. The fourth-order valence-electron chi connectivity index (χ4n) is 2.48. The van der Waals surface area contributed by atoms with Gasteiger partial charge in [0.15, 0.2) is 0 Å². The van der Waals surface area contributed by atoms with Gasteiger partial charge < -0.3 is 15.0 Å². The molecular formula is C18H20N2O. The average molecular weight is 280 g/mol. The molecule has 1 heterocycles. The van der Waals surface area contributed by atoms with E-state index in [9.17, 15) is 0 Å². The highest BCUT2D eigenvalue weighted by atomic mass is 16.5. The minimum absolute atomic E-state index is 0.194. The third-order valence-corrected chi connectivity index (χ3v) is 3.45. The molecule has 0 aliphatic carbocycles. The van der Waals surface area contributed by atoms with E-state index in [0.29, 0.717) is 0 Å². The lowest BCUT2D eigenvalue weighted by molar-refractivity contribution is 0.243. The van der Waals surface area contributed by atoms with E-state index < -0.39 is 0 Å². The first kappa shape index (κ1) is 13.6. The average Bonchev–Trinajstić information content (AvgIpc) is 2.83. The first-order valence-electron chi connectivity index (χ1n) is 7.22. The van der Waals surface area contributed by atoms with Crippen molar-refractivity contribution < 1.29 is 4.74 Å². The molecule has 0 fully saturated rings. The Morgan fingerprint density at radius 1 is 1.05 bits per heavy atom. The van der Waals surface area contributed by atoms with E-state index in [2.05, 4.69) is 41.1 Å². The van der Waals surface area contributed by atoms with Crippen molar-refractivity contribution in [3.8, 4) is 5.75 Å². The van der Waals surface area contributed by atoms with Gasteiger partial charge in [0.25, 0.3) is 0 Å². The molecule has 0 aliphatic heterocycles. The second kappa shape index (κ2) is 5.52. The summed E-state index contributed by atoms with van der Waals surface area (Å²) in [6.07, 6.45) is 2.31. The van der Waals surface area contributed by atoms with Crippen molar-refractivity contribution in [3.05, 3.63) is 60.3 Å². The SMILES string of the molecule is CC(C)Oc1ccc2c(ccn2Cc2ccc(N)cc2)c1. The lowest BCUT2D eigenvalue weighted by Gasteiger charge is -2.10. The number of benzene rings is 2. The van der Waals surface area contributed by atoms with Crippen LogP contribution in [0.25, 0.3) is 10.9 Å². The van der Waals surface area contributed by atoms with Crippen LogP contribution in [0.5, 0.6) is 5.75 Å². The predicted molar refractivity (Wildman–Crippen MR) is 87.7 cm³/mol. The minimum atomic E-state index is 0.194. The number of fused-ring (bicyclic) bond motifs is 1. The maximum Gasteiger partial charge on any atom is 0.120 e. The largest absolute Gasteiger partial charge is 0.491 e.